The lowest BCUT2D eigenvalue weighted by Gasteiger charge is -2.08. The van der Waals surface area contributed by atoms with Gasteiger partial charge in [0.15, 0.2) is 0 Å². The summed E-state index contributed by atoms with van der Waals surface area (Å²) in [6.07, 6.45) is 0. The number of rotatable bonds is 5. The molecule has 1 atom stereocenters. The van der Waals surface area contributed by atoms with E-state index in [0.29, 0.717) is 18.7 Å². The molecule has 18 heavy (non-hydrogen) atoms. The van der Waals surface area contributed by atoms with Crippen LogP contribution >= 0.6 is 11.6 Å². The van der Waals surface area contributed by atoms with Crippen LogP contribution in [0.3, 0.4) is 0 Å². The number of hydrogen-bond acceptors (Lipinski definition) is 3. The standard InChI is InChI=1S/C12H15ClN2O3/c1-8(13)11(17)14-5-6-15-12(18)9-3-2-4-10(16)7-9/h2-4,7-8,16H,5-6H2,1H3,(H,14,17)(H,15,18). The van der Waals surface area contributed by atoms with Gasteiger partial charge in [0.2, 0.25) is 5.91 Å². The van der Waals surface area contributed by atoms with Gasteiger partial charge < -0.3 is 15.7 Å². The van der Waals surface area contributed by atoms with Gasteiger partial charge >= 0.3 is 0 Å². The minimum atomic E-state index is -0.591. The molecule has 0 bridgehead atoms. The van der Waals surface area contributed by atoms with E-state index in [1.54, 1.807) is 19.1 Å². The number of carbonyl (C=O) groups excluding carboxylic acids is 2. The topological polar surface area (TPSA) is 78.4 Å². The predicted molar refractivity (Wildman–Crippen MR) is 68.8 cm³/mol. The molecule has 1 aromatic rings. The summed E-state index contributed by atoms with van der Waals surface area (Å²) in [4.78, 5) is 22.7. The first-order valence-electron chi connectivity index (χ1n) is 5.49. The quantitative estimate of drug-likeness (QED) is 0.549. The maximum atomic E-state index is 11.6. The number of benzene rings is 1. The summed E-state index contributed by atoms with van der Waals surface area (Å²) in [6, 6.07) is 6.03. The minimum Gasteiger partial charge on any atom is -0.508 e. The monoisotopic (exact) mass is 270 g/mol. The maximum absolute atomic E-state index is 11.6. The molecule has 0 spiro atoms. The molecule has 0 saturated carbocycles. The lowest BCUT2D eigenvalue weighted by molar-refractivity contribution is -0.120. The van der Waals surface area contributed by atoms with E-state index in [0.717, 1.165) is 0 Å². The number of phenolic OH excluding ortho intramolecular Hbond substituents is 1. The van der Waals surface area contributed by atoms with Crippen molar-refractivity contribution in [1.82, 2.24) is 10.6 Å². The summed E-state index contributed by atoms with van der Waals surface area (Å²) >= 11 is 5.56. The van der Waals surface area contributed by atoms with Crippen LogP contribution in [0.25, 0.3) is 0 Å². The summed E-state index contributed by atoms with van der Waals surface area (Å²) in [5.41, 5.74) is 0.368. The van der Waals surface area contributed by atoms with E-state index in [9.17, 15) is 14.7 Å². The summed E-state index contributed by atoms with van der Waals surface area (Å²) in [5, 5.41) is 13.8. The van der Waals surface area contributed by atoms with E-state index in [1.165, 1.54) is 12.1 Å². The van der Waals surface area contributed by atoms with Crippen LogP contribution < -0.4 is 10.6 Å². The predicted octanol–water partition coefficient (Wildman–Crippen LogP) is 0.865. The van der Waals surface area contributed by atoms with Gasteiger partial charge in [-0.15, -0.1) is 11.6 Å². The SMILES string of the molecule is CC(Cl)C(=O)NCCNC(=O)c1cccc(O)c1. The molecule has 6 heteroatoms. The highest BCUT2D eigenvalue weighted by Gasteiger charge is 2.08. The Morgan fingerprint density at radius 1 is 1.33 bits per heavy atom. The van der Waals surface area contributed by atoms with E-state index >= 15 is 0 Å². The van der Waals surface area contributed by atoms with E-state index in [4.69, 9.17) is 11.6 Å². The first-order valence-corrected chi connectivity index (χ1v) is 5.93. The zero-order valence-corrected chi connectivity index (χ0v) is 10.7. The largest absolute Gasteiger partial charge is 0.508 e. The molecule has 0 saturated heterocycles. The zero-order valence-electron chi connectivity index (χ0n) is 9.94. The number of halogens is 1. The Labute approximate surface area is 110 Å². The number of alkyl halides is 1. The third kappa shape index (κ3) is 4.63. The highest BCUT2D eigenvalue weighted by Crippen LogP contribution is 2.10. The van der Waals surface area contributed by atoms with Crippen molar-refractivity contribution in [2.45, 2.75) is 12.3 Å². The van der Waals surface area contributed by atoms with E-state index in [2.05, 4.69) is 10.6 Å². The Kier molecular flexibility index (Phi) is 5.45. The normalized spacial score (nSPS) is 11.7. The van der Waals surface area contributed by atoms with E-state index in [-0.39, 0.29) is 17.6 Å². The van der Waals surface area contributed by atoms with Crippen molar-refractivity contribution in [3.8, 4) is 5.75 Å². The molecular formula is C12H15ClN2O3. The van der Waals surface area contributed by atoms with Crippen molar-refractivity contribution in [3.05, 3.63) is 29.8 Å². The fraction of sp³-hybridized carbons (Fsp3) is 0.333. The molecule has 1 aromatic carbocycles. The fourth-order valence-corrected chi connectivity index (χ4v) is 1.33. The number of hydrogen-bond donors (Lipinski definition) is 3. The van der Waals surface area contributed by atoms with Crippen LogP contribution in [0, 0.1) is 0 Å². The lowest BCUT2D eigenvalue weighted by Crippen LogP contribution is -2.37. The average Bonchev–Trinajstić information content (AvgIpc) is 2.33. The molecule has 3 N–H and O–H groups in total. The van der Waals surface area contributed by atoms with Crippen LogP contribution in [0.2, 0.25) is 0 Å². The summed E-state index contributed by atoms with van der Waals surface area (Å²) in [5.74, 6) is -0.547. The van der Waals surface area contributed by atoms with Crippen LogP contribution in [0.15, 0.2) is 24.3 Å². The van der Waals surface area contributed by atoms with Gasteiger partial charge in [0, 0.05) is 18.7 Å². The molecule has 1 unspecified atom stereocenters. The van der Waals surface area contributed by atoms with Crippen molar-refractivity contribution in [3.63, 3.8) is 0 Å². The Morgan fingerprint density at radius 3 is 2.61 bits per heavy atom. The Bertz CT molecular complexity index is 435. The van der Waals surface area contributed by atoms with Gasteiger partial charge in [0.1, 0.15) is 11.1 Å². The van der Waals surface area contributed by atoms with Crippen LogP contribution in [0.5, 0.6) is 5.75 Å². The zero-order chi connectivity index (χ0) is 13.5. The summed E-state index contributed by atoms with van der Waals surface area (Å²) < 4.78 is 0. The molecule has 0 fully saturated rings. The second-order valence-electron chi connectivity index (χ2n) is 3.71. The average molecular weight is 271 g/mol. The van der Waals surface area contributed by atoms with Crippen molar-refractivity contribution in [1.29, 1.82) is 0 Å². The van der Waals surface area contributed by atoms with Crippen molar-refractivity contribution in [2.24, 2.45) is 0 Å². The van der Waals surface area contributed by atoms with Gasteiger partial charge in [0.05, 0.1) is 0 Å². The molecule has 0 aliphatic carbocycles. The summed E-state index contributed by atoms with van der Waals surface area (Å²) in [6.45, 7) is 2.17. The number of carbonyl (C=O) groups is 2. The highest BCUT2D eigenvalue weighted by atomic mass is 35.5. The van der Waals surface area contributed by atoms with Gasteiger partial charge in [-0.2, -0.15) is 0 Å². The molecule has 0 aromatic heterocycles. The molecule has 0 aliphatic heterocycles. The van der Waals surface area contributed by atoms with Crippen LogP contribution in [-0.2, 0) is 4.79 Å². The van der Waals surface area contributed by atoms with Gasteiger partial charge in [-0.05, 0) is 25.1 Å². The molecule has 0 heterocycles. The Balaban J connectivity index is 2.32. The van der Waals surface area contributed by atoms with E-state index in [1.807, 2.05) is 0 Å². The number of nitrogens with one attached hydrogen (secondary N) is 2. The fourth-order valence-electron chi connectivity index (χ4n) is 1.25. The number of amides is 2. The second-order valence-corrected chi connectivity index (χ2v) is 4.37. The molecule has 2 amide bonds. The highest BCUT2D eigenvalue weighted by molar-refractivity contribution is 6.30. The van der Waals surface area contributed by atoms with Gasteiger partial charge in [-0.3, -0.25) is 9.59 Å². The van der Waals surface area contributed by atoms with Crippen LogP contribution in [0.1, 0.15) is 17.3 Å². The van der Waals surface area contributed by atoms with Crippen molar-refractivity contribution >= 4 is 23.4 Å². The summed E-state index contributed by atoms with van der Waals surface area (Å²) in [7, 11) is 0. The van der Waals surface area contributed by atoms with Gasteiger partial charge in [-0.25, -0.2) is 0 Å². The van der Waals surface area contributed by atoms with E-state index < -0.39 is 5.38 Å². The number of phenols is 1. The molecule has 98 valence electrons. The number of aromatic hydroxyl groups is 1. The maximum Gasteiger partial charge on any atom is 0.251 e. The second kappa shape index (κ2) is 6.86. The molecular weight excluding hydrogens is 256 g/mol. The molecule has 5 nitrogen and oxygen atoms in total. The van der Waals surface area contributed by atoms with Gasteiger partial charge in [0.25, 0.3) is 5.91 Å². The Hall–Kier alpha value is -1.75. The van der Waals surface area contributed by atoms with Gasteiger partial charge in [-0.1, -0.05) is 6.07 Å². The minimum absolute atomic E-state index is 0.0342. The third-order valence-electron chi connectivity index (χ3n) is 2.18. The molecule has 1 rings (SSSR count). The van der Waals surface area contributed by atoms with Crippen molar-refractivity contribution in [2.75, 3.05) is 13.1 Å². The van der Waals surface area contributed by atoms with Crippen molar-refractivity contribution < 1.29 is 14.7 Å². The smallest absolute Gasteiger partial charge is 0.251 e. The first kappa shape index (κ1) is 14.3. The first-order chi connectivity index (χ1) is 8.50. The Morgan fingerprint density at radius 2 is 2.00 bits per heavy atom. The van der Waals surface area contributed by atoms with Crippen LogP contribution in [0.4, 0.5) is 0 Å². The third-order valence-corrected chi connectivity index (χ3v) is 2.38. The molecule has 0 radical (unpaired) electrons. The molecule has 0 aliphatic rings. The van der Waals surface area contributed by atoms with Crippen LogP contribution in [-0.4, -0.2) is 35.4 Å². The lowest BCUT2D eigenvalue weighted by atomic mass is 10.2.